The highest BCUT2D eigenvalue weighted by Crippen LogP contribution is 2.16. The molecule has 5 nitrogen and oxygen atoms in total. The molecule has 5 heteroatoms. The number of carbonyl (C=O) groups excluding carboxylic acids is 2. The minimum absolute atomic E-state index is 0.150. The number of hydrogen-bond donors (Lipinski definition) is 1. The van der Waals surface area contributed by atoms with Crippen molar-refractivity contribution in [2.45, 2.75) is 13.3 Å². The van der Waals surface area contributed by atoms with Crippen molar-refractivity contribution in [2.24, 2.45) is 0 Å². The van der Waals surface area contributed by atoms with Crippen LogP contribution in [0.1, 0.15) is 13.3 Å². The Bertz CT molecular complexity index is 623. The van der Waals surface area contributed by atoms with Crippen LogP contribution in [0.15, 0.2) is 54.6 Å². The predicted octanol–water partition coefficient (Wildman–Crippen LogP) is 3.02. The van der Waals surface area contributed by atoms with Gasteiger partial charge in [-0.25, -0.2) is 0 Å². The number of anilines is 1. The molecule has 1 N–H and O–H groups in total. The van der Waals surface area contributed by atoms with Crippen LogP contribution in [0.25, 0.3) is 0 Å². The van der Waals surface area contributed by atoms with E-state index in [1.165, 1.54) is 6.92 Å². The van der Waals surface area contributed by atoms with E-state index in [0.29, 0.717) is 11.4 Å². The Kier molecular flexibility index (Phi) is 5.54. The van der Waals surface area contributed by atoms with Crippen LogP contribution in [0.4, 0.5) is 5.69 Å². The number of hydrogen-bond acceptors (Lipinski definition) is 4. The van der Waals surface area contributed by atoms with Gasteiger partial charge in [0, 0.05) is 12.6 Å². The van der Waals surface area contributed by atoms with E-state index in [1.54, 1.807) is 24.3 Å². The van der Waals surface area contributed by atoms with Gasteiger partial charge >= 0.3 is 5.97 Å². The summed E-state index contributed by atoms with van der Waals surface area (Å²) in [6, 6.07) is 15.9. The molecule has 0 fully saturated rings. The van der Waals surface area contributed by atoms with E-state index in [1.807, 2.05) is 30.3 Å². The predicted molar refractivity (Wildman–Crippen MR) is 82.9 cm³/mol. The molecule has 0 atom stereocenters. The summed E-state index contributed by atoms with van der Waals surface area (Å²) in [6.45, 7) is 1.69. The lowest BCUT2D eigenvalue weighted by Gasteiger charge is -2.07. The number of para-hydroxylation sites is 1. The van der Waals surface area contributed by atoms with E-state index in [0.717, 1.165) is 5.75 Å². The topological polar surface area (TPSA) is 64.6 Å². The van der Waals surface area contributed by atoms with Crippen LogP contribution >= 0.6 is 0 Å². The van der Waals surface area contributed by atoms with E-state index in [-0.39, 0.29) is 24.9 Å². The van der Waals surface area contributed by atoms with E-state index < -0.39 is 0 Å². The Balaban J connectivity index is 1.75. The number of carbonyl (C=O) groups is 2. The van der Waals surface area contributed by atoms with Crippen LogP contribution in [0.2, 0.25) is 0 Å². The smallest absolute Gasteiger partial charge is 0.314 e. The van der Waals surface area contributed by atoms with E-state index in [4.69, 9.17) is 9.47 Å². The highest BCUT2D eigenvalue weighted by Gasteiger charge is 2.06. The Morgan fingerprint density at radius 3 is 2.27 bits per heavy atom. The molecule has 0 unspecified atom stereocenters. The van der Waals surface area contributed by atoms with Gasteiger partial charge in [0.2, 0.25) is 5.91 Å². The Morgan fingerprint density at radius 2 is 1.64 bits per heavy atom. The first-order valence-electron chi connectivity index (χ1n) is 6.89. The van der Waals surface area contributed by atoms with E-state index in [9.17, 15) is 9.59 Å². The Morgan fingerprint density at radius 1 is 0.955 bits per heavy atom. The molecule has 0 aromatic heterocycles. The molecule has 0 radical (unpaired) electrons. The second-order valence-electron chi connectivity index (χ2n) is 4.59. The molecule has 0 aliphatic carbocycles. The molecule has 0 bridgehead atoms. The van der Waals surface area contributed by atoms with Gasteiger partial charge in [-0.15, -0.1) is 0 Å². The molecule has 0 saturated carbocycles. The molecule has 0 aliphatic rings. The van der Waals surface area contributed by atoms with Crippen LogP contribution in [0.5, 0.6) is 11.5 Å². The summed E-state index contributed by atoms with van der Waals surface area (Å²) in [4.78, 5) is 22.6. The zero-order valence-corrected chi connectivity index (χ0v) is 12.2. The summed E-state index contributed by atoms with van der Waals surface area (Å²) >= 11 is 0. The average Bonchev–Trinajstić information content (AvgIpc) is 2.50. The van der Waals surface area contributed by atoms with Crippen molar-refractivity contribution in [1.29, 1.82) is 0 Å². The monoisotopic (exact) mass is 299 g/mol. The molecular formula is C17H17NO4. The maximum Gasteiger partial charge on any atom is 0.314 e. The van der Waals surface area contributed by atoms with Crippen LogP contribution in [0.3, 0.4) is 0 Å². The summed E-state index contributed by atoms with van der Waals surface area (Å²) in [7, 11) is 0. The summed E-state index contributed by atoms with van der Waals surface area (Å²) in [5.41, 5.74) is 0.653. The minimum atomic E-state index is -0.372. The maximum absolute atomic E-state index is 11.7. The molecular weight excluding hydrogens is 282 g/mol. The zero-order chi connectivity index (χ0) is 15.8. The van der Waals surface area contributed by atoms with Crippen molar-refractivity contribution in [3.8, 4) is 11.5 Å². The fourth-order valence-electron chi connectivity index (χ4n) is 1.76. The lowest BCUT2D eigenvalue weighted by atomic mass is 10.3. The molecule has 1 amide bonds. The van der Waals surface area contributed by atoms with Crippen LogP contribution < -0.4 is 14.8 Å². The summed E-state index contributed by atoms with van der Waals surface area (Å²) in [6.07, 6.45) is 0.155. The molecule has 2 rings (SSSR count). The third-order valence-electron chi connectivity index (χ3n) is 2.72. The number of nitrogens with one attached hydrogen (secondary N) is 1. The van der Waals surface area contributed by atoms with Crippen LogP contribution in [-0.2, 0) is 9.59 Å². The van der Waals surface area contributed by atoms with Gasteiger partial charge in [-0.2, -0.15) is 0 Å². The largest absolute Gasteiger partial charge is 0.493 e. The van der Waals surface area contributed by atoms with Gasteiger partial charge in [0.15, 0.2) is 0 Å². The first kappa shape index (κ1) is 15.6. The molecule has 0 saturated heterocycles. The Labute approximate surface area is 128 Å². The highest BCUT2D eigenvalue weighted by molar-refractivity contribution is 5.88. The number of ether oxygens (including phenoxy) is 2. The van der Waals surface area contributed by atoms with Crippen molar-refractivity contribution in [2.75, 3.05) is 11.9 Å². The number of amides is 1. The molecule has 0 spiro atoms. The lowest BCUT2D eigenvalue weighted by molar-refractivity contribution is -0.134. The van der Waals surface area contributed by atoms with E-state index in [2.05, 4.69) is 5.32 Å². The second kappa shape index (κ2) is 7.83. The first-order valence-corrected chi connectivity index (χ1v) is 6.89. The quantitative estimate of drug-likeness (QED) is 0.658. The fourth-order valence-corrected chi connectivity index (χ4v) is 1.76. The minimum Gasteiger partial charge on any atom is -0.493 e. The SMILES string of the molecule is CC(=O)Nc1ccc(OC(=O)CCOc2ccccc2)cc1. The molecule has 0 heterocycles. The van der Waals surface area contributed by atoms with Gasteiger partial charge in [0.25, 0.3) is 0 Å². The zero-order valence-electron chi connectivity index (χ0n) is 12.2. The first-order chi connectivity index (χ1) is 10.6. The van der Waals surface area contributed by atoms with Crippen molar-refractivity contribution < 1.29 is 19.1 Å². The molecule has 0 aliphatic heterocycles. The van der Waals surface area contributed by atoms with Crippen LogP contribution in [-0.4, -0.2) is 18.5 Å². The van der Waals surface area contributed by atoms with Gasteiger partial charge in [-0.05, 0) is 36.4 Å². The number of benzene rings is 2. The lowest BCUT2D eigenvalue weighted by Crippen LogP contribution is -2.12. The number of esters is 1. The van der Waals surface area contributed by atoms with E-state index >= 15 is 0 Å². The standard InChI is InChI=1S/C17H17NO4/c1-13(19)18-14-7-9-16(10-8-14)22-17(20)11-12-21-15-5-3-2-4-6-15/h2-10H,11-12H2,1H3,(H,18,19). The van der Waals surface area contributed by atoms with Crippen molar-refractivity contribution in [3.63, 3.8) is 0 Å². The fraction of sp³-hybridized carbons (Fsp3) is 0.176. The van der Waals surface area contributed by atoms with Gasteiger partial charge in [0.1, 0.15) is 11.5 Å². The summed E-state index contributed by atoms with van der Waals surface area (Å²) in [5, 5.41) is 2.64. The molecule has 2 aromatic rings. The Hall–Kier alpha value is -2.82. The second-order valence-corrected chi connectivity index (χ2v) is 4.59. The summed E-state index contributed by atoms with van der Waals surface area (Å²) < 4.78 is 10.6. The molecule has 2 aromatic carbocycles. The third-order valence-corrected chi connectivity index (χ3v) is 2.72. The van der Waals surface area contributed by atoms with Crippen molar-refractivity contribution in [3.05, 3.63) is 54.6 Å². The van der Waals surface area contributed by atoms with Crippen molar-refractivity contribution >= 4 is 17.6 Å². The van der Waals surface area contributed by atoms with Crippen LogP contribution in [0, 0.1) is 0 Å². The van der Waals surface area contributed by atoms with Crippen molar-refractivity contribution in [1.82, 2.24) is 0 Å². The highest BCUT2D eigenvalue weighted by atomic mass is 16.5. The summed E-state index contributed by atoms with van der Waals surface area (Å²) in [5.74, 6) is 0.625. The van der Waals surface area contributed by atoms with Gasteiger partial charge in [-0.3, -0.25) is 9.59 Å². The third kappa shape index (κ3) is 5.28. The normalized spacial score (nSPS) is 9.86. The molecule has 114 valence electrons. The average molecular weight is 299 g/mol. The maximum atomic E-state index is 11.7. The van der Waals surface area contributed by atoms with Gasteiger partial charge in [0.05, 0.1) is 13.0 Å². The molecule has 22 heavy (non-hydrogen) atoms. The van der Waals surface area contributed by atoms with Gasteiger partial charge < -0.3 is 14.8 Å². The number of rotatable bonds is 6. The van der Waals surface area contributed by atoms with Gasteiger partial charge in [-0.1, -0.05) is 18.2 Å².